The summed E-state index contributed by atoms with van der Waals surface area (Å²) in [6.07, 6.45) is 0. The van der Waals surface area contributed by atoms with Crippen LogP contribution in [0.2, 0.25) is 5.02 Å². The molecule has 0 atom stereocenters. The topological polar surface area (TPSA) is 106 Å². The van der Waals surface area contributed by atoms with E-state index in [2.05, 4.69) is 9.97 Å². The van der Waals surface area contributed by atoms with Crippen molar-refractivity contribution in [2.75, 3.05) is 0 Å². The minimum Gasteiger partial charge on any atom is -0.507 e. The molecule has 134 valence electrons. The van der Waals surface area contributed by atoms with Crippen molar-refractivity contribution in [2.45, 2.75) is 19.8 Å². The summed E-state index contributed by atoms with van der Waals surface area (Å²) in [5, 5.41) is 21.3. The fraction of sp³-hybridized carbons (Fsp3) is 0.158. The maximum atomic E-state index is 12.6. The van der Waals surface area contributed by atoms with Crippen LogP contribution in [0, 0.1) is 13.8 Å². The minimum atomic E-state index is -0.971. The molecule has 7 heteroatoms. The van der Waals surface area contributed by atoms with Crippen LogP contribution < -0.4 is 11.1 Å². The molecule has 2 aromatic heterocycles. The number of hydrogen-bond donors (Lipinski definition) is 4. The van der Waals surface area contributed by atoms with E-state index in [4.69, 9.17) is 11.6 Å². The van der Waals surface area contributed by atoms with Crippen molar-refractivity contribution < 1.29 is 10.2 Å². The second kappa shape index (κ2) is 6.72. The smallest absolute Gasteiger partial charge is 0.256 e. The summed E-state index contributed by atoms with van der Waals surface area (Å²) < 4.78 is 0. The van der Waals surface area contributed by atoms with Crippen molar-refractivity contribution in [3.05, 3.63) is 90.2 Å². The van der Waals surface area contributed by atoms with Crippen molar-refractivity contribution in [1.29, 1.82) is 0 Å². The normalized spacial score (nSPS) is 11.1. The molecule has 0 aliphatic heterocycles. The Kier molecular flexibility index (Phi) is 4.61. The van der Waals surface area contributed by atoms with Crippen molar-refractivity contribution in [2.24, 2.45) is 0 Å². The van der Waals surface area contributed by atoms with Crippen molar-refractivity contribution in [1.82, 2.24) is 9.97 Å². The van der Waals surface area contributed by atoms with Gasteiger partial charge >= 0.3 is 0 Å². The Bertz CT molecular complexity index is 1020. The quantitative estimate of drug-likeness (QED) is 0.567. The van der Waals surface area contributed by atoms with Crippen LogP contribution in [0.4, 0.5) is 0 Å². The second-order valence-corrected chi connectivity index (χ2v) is 6.58. The summed E-state index contributed by atoms with van der Waals surface area (Å²) in [5.41, 5.74) is 0.360. The second-order valence-electron chi connectivity index (χ2n) is 6.15. The molecule has 0 spiro atoms. The predicted octanol–water partition coefficient (Wildman–Crippen LogP) is 2.92. The number of benzene rings is 1. The van der Waals surface area contributed by atoms with Crippen LogP contribution >= 0.6 is 11.6 Å². The number of aromatic hydroxyl groups is 2. The van der Waals surface area contributed by atoms with E-state index in [1.165, 1.54) is 12.1 Å². The van der Waals surface area contributed by atoms with Gasteiger partial charge in [-0.25, -0.2) is 0 Å². The SMILES string of the molecule is Cc1cc(O)c(C(c2ccc(Cl)cc2)c2c(O)cc(C)[nH]c2=O)c(=O)[nH]1. The van der Waals surface area contributed by atoms with Gasteiger partial charge in [0.2, 0.25) is 0 Å². The van der Waals surface area contributed by atoms with Gasteiger partial charge in [0.05, 0.1) is 17.0 Å². The number of H-pyrrole nitrogens is 2. The molecule has 0 amide bonds. The van der Waals surface area contributed by atoms with Gasteiger partial charge in [0.1, 0.15) is 11.5 Å². The first-order valence-electron chi connectivity index (χ1n) is 7.89. The summed E-state index contributed by atoms with van der Waals surface area (Å²) in [4.78, 5) is 30.4. The molecule has 0 fully saturated rings. The fourth-order valence-corrected chi connectivity index (χ4v) is 3.18. The Balaban J connectivity index is 2.38. The zero-order valence-corrected chi connectivity index (χ0v) is 14.9. The lowest BCUT2D eigenvalue weighted by Gasteiger charge is -2.19. The van der Waals surface area contributed by atoms with Crippen molar-refractivity contribution in [3.63, 3.8) is 0 Å². The standard InChI is InChI=1S/C19H17ClN2O4/c1-9-7-13(23)16(18(25)21-9)15(11-3-5-12(20)6-4-11)17-14(24)8-10(2)22-19(17)26/h3-8,15H,1-2H3,(H2,21,23,25)(H2,22,24,26). The number of aromatic nitrogens is 2. The first-order chi connectivity index (χ1) is 12.3. The number of aryl methyl sites for hydroxylation is 2. The first kappa shape index (κ1) is 17.8. The number of rotatable bonds is 3. The van der Waals surface area contributed by atoms with Crippen molar-refractivity contribution >= 4 is 11.6 Å². The Labute approximate surface area is 153 Å². The molecule has 26 heavy (non-hydrogen) atoms. The third-order valence-electron chi connectivity index (χ3n) is 4.15. The van der Waals surface area contributed by atoms with E-state index >= 15 is 0 Å². The molecule has 0 aliphatic carbocycles. The Morgan fingerprint density at radius 1 is 0.846 bits per heavy atom. The van der Waals surface area contributed by atoms with E-state index in [1.807, 2.05) is 0 Å². The number of halogens is 1. The highest BCUT2D eigenvalue weighted by molar-refractivity contribution is 6.30. The minimum absolute atomic E-state index is 0.0254. The average Bonchev–Trinajstić information content (AvgIpc) is 2.52. The largest absolute Gasteiger partial charge is 0.507 e. The van der Waals surface area contributed by atoms with Crippen LogP contribution in [-0.4, -0.2) is 20.2 Å². The van der Waals surface area contributed by atoms with Crippen LogP contribution in [0.1, 0.15) is 34.0 Å². The van der Waals surface area contributed by atoms with E-state index in [-0.39, 0.29) is 22.6 Å². The van der Waals surface area contributed by atoms with Crippen molar-refractivity contribution in [3.8, 4) is 11.5 Å². The summed E-state index contributed by atoms with van der Waals surface area (Å²) in [6.45, 7) is 3.27. The fourth-order valence-electron chi connectivity index (χ4n) is 3.05. The Morgan fingerprint density at radius 2 is 1.27 bits per heavy atom. The molecule has 0 saturated heterocycles. The summed E-state index contributed by atoms with van der Waals surface area (Å²) in [7, 11) is 0. The Morgan fingerprint density at radius 3 is 1.65 bits per heavy atom. The zero-order chi connectivity index (χ0) is 19.0. The third kappa shape index (κ3) is 3.23. The molecule has 0 radical (unpaired) electrons. The van der Waals surface area contributed by atoms with Crippen LogP contribution in [-0.2, 0) is 0 Å². The molecular weight excluding hydrogens is 356 g/mol. The van der Waals surface area contributed by atoms with Gasteiger partial charge in [-0.15, -0.1) is 0 Å². The predicted molar refractivity (Wildman–Crippen MR) is 99.3 cm³/mol. The summed E-state index contributed by atoms with van der Waals surface area (Å²) in [6, 6.07) is 9.32. The van der Waals surface area contributed by atoms with Gasteiger partial charge in [-0.1, -0.05) is 23.7 Å². The van der Waals surface area contributed by atoms with Gasteiger partial charge in [0.25, 0.3) is 11.1 Å². The van der Waals surface area contributed by atoms with E-state index in [0.29, 0.717) is 22.0 Å². The zero-order valence-electron chi connectivity index (χ0n) is 14.1. The van der Waals surface area contributed by atoms with E-state index in [0.717, 1.165) is 0 Å². The molecule has 4 N–H and O–H groups in total. The maximum absolute atomic E-state index is 12.6. The molecule has 6 nitrogen and oxygen atoms in total. The van der Waals surface area contributed by atoms with Gasteiger partial charge in [0.15, 0.2) is 0 Å². The molecule has 0 saturated carbocycles. The summed E-state index contributed by atoms with van der Waals surface area (Å²) in [5.74, 6) is -1.49. The maximum Gasteiger partial charge on any atom is 0.256 e. The highest BCUT2D eigenvalue weighted by atomic mass is 35.5. The van der Waals surface area contributed by atoms with Crippen LogP contribution in [0.25, 0.3) is 0 Å². The molecule has 0 aliphatic rings. The number of nitrogens with one attached hydrogen (secondary N) is 2. The number of aromatic amines is 2. The van der Waals surface area contributed by atoms with Crippen LogP contribution in [0.15, 0.2) is 46.0 Å². The van der Waals surface area contributed by atoms with E-state index in [1.54, 1.807) is 38.1 Å². The molecule has 0 bridgehead atoms. The molecule has 1 aromatic carbocycles. The number of hydrogen-bond acceptors (Lipinski definition) is 4. The highest BCUT2D eigenvalue weighted by Gasteiger charge is 2.28. The third-order valence-corrected chi connectivity index (χ3v) is 4.40. The summed E-state index contributed by atoms with van der Waals surface area (Å²) >= 11 is 5.94. The van der Waals surface area contributed by atoms with Crippen LogP contribution in [0.3, 0.4) is 0 Å². The molecule has 2 heterocycles. The Hall–Kier alpha value is -2.99. The van der Waals surface area contributed by atoms with Crippen LogP contribution in [0.5, 0.6) is 11.5 Å². The van der Waals surface area contributed by atoms with Gasteiger partial charge in [-0.05, 0) is 43.7 Å². The molecule has 3 aromatic rings. The molecular formula is C19H17ClN2O4. The van der Waals surface area contributed by atoms with Gasteiger partial charge in [-0.3, -0.25) is 9.59 Å². The lowest BCUT2D eigenvalue weighted by atomic mass is 9.85. The monoisotopic (exact) mass is 372 g/mol. The molecule has 0 unspecified atom stereocenters. The highest BCUT2D eigenvalue weighted by Crippen LogP contribution is 2.37. The first-order valence-corrected chi connectivity index (χ1v) is 8.26. The van der Waals surface area contributed by atoms with Gasteiger partial charge in [0, 0.05) is 16.4 Å². The van der Waals surface area contributed by atoms with Gasteiger partial charge in [-0.2, -0.15) is 0 Å². The lowest BCUT2D eigenvalue weighted by Crippen LogP contribution is -2.24. The average molecular weight is 373 g/mol. The molecule has 3 rings (SSSR count). The number of pyridine rings is 2. The van der Waals surface area contributed by atoms with Gasteiger partial charge < -0.3 is 20.2 Å². The van der Waals surface area contributed by atoms with E-state index in [9.17, 15) is 19.8 Å². The lowest BCUT2D eigenvalue weighted by molar-refractivity contribution is 0.454. The van der Waals surface area contributed by atoms with E-state index < -0.39 is 17.0 Å².